The summed E-state index contributed by atoms with van der Waals surface area (Å²) in [6.07, 6.45) is 2.83. The summed E-state index contributed by atoms with van der Waals surface area (Å²) in [5.41, 5.74) is -0.595. The van der Waals surface area contributed by atoms with Crippen LogP contribution in [-0.4, -0.2) is 71.6 Å². The van der Waals surface area contributed by atoms with Gasteiger partial charge in [0.25, 0.3) is 0 Å². The SMILES string of the molecule is CC1CN(S(=O)(=O)c2cnn(CC(=O)O)c2)CC2(CCOC2)O1. The van der Waals surface area contributed by atoms with Crippen molar-refractivity contribution in [3.05, 3.63) is 12.4 Å². The highest BCUT2D eigenvalue weighted by Crippen LogP contribution is 2.32. The van der Waals surface area contributed by atoms with Crippen molar-refractivity contribution in [2.24, 2.45) is 0 Å². The standard InChI is InChI=1S/C13H19N3O6S/c1-10-5-16(8-13(22-10)2-3-21-9-13)23(19,20)11-4-14-15(6-11)7-12(17)18/h4,6,10H,2-3,5,7-9H2,1H3,(H,17,18). The Morgan fingerprint density at radius 3 is 3.00 bits per heavy atom. The molecule has 2 atom stereocenters. The second-order valence-electron chi connectivity index (χ2n) is 5.98. The van der Waals surface area contributed by atoms with E-state index in [0.717, 1.165) is 4.68 Å². The Kier molecular flexibility index (Phi) is 4.17. The van der Waals surface area contributed by atoms with Crippen LogP contribution in [0.4, 0.5) is 0 Å². The van der Waals surface area contributed by atoms with E-state index in [1.165, 1.54) is 16.7 Å². The average molecular weight is 345 g/mol. The fourth-order valence-electron chi connectivity index (χ4n) is 3.02. The van der Waals surface area contributed by atoms with Gasteiger partial charge in [0, 0.05) is 32.3 Å². The largest absolute Gasteiger partial charge is 0.480 e. The first kappa shape index (κ1) is 16.4. The summed E-state index contributed by atoms with van der Waals surface area (Å²) in [6, 6.07) is 0. The zero-order valence-electron chi connectivity index (χ0n) is 12.7. The monoisotopic (exact) mass is 345 g/mol. The zero-order chi connectivity index (χ0) is 16.7. The molecular formula is C13H19N3O6S. The number of carboxylic acid groups (broad SMARTS) is 1. The number of nitrogens with zero attached hydrogens (tertiary/aromatic N) is 3. The van der Waals surface area contributed by atoms with Crippen molar-refractivity contribution >= 4 is 16.0 Å². The molecule has 1 N–H and O–H groups in total. The maximum Gasteiger partial charge on any atom is 0.325 e. The molecule has 128 valence electrons. The molecule has 1 aromatic rings. The molecule has 10 heteroatoms. The molecule has 0 aliphatic carbocycles. The maximum absolute atomic E-state index is 12.8. The van der Waals surface area contributed by atoms with Gasteiger partial charge in [0.1, 0.15) is 17.0 Å². The Morgan fingerprint density at radius 1 is 1.57 bits per heavy atom. The molecule has 1 aromatic heterocycles. The number of aromatic nitrogens is 2. The van der Waals surface area contributed by atoms with Gasteiger partial charge in [-0.15, -0.1) is 0 Å². The molecule has 2 aliphatic heterocycles. The lowest BCUT2D eigenvalue weighted by atomic mass is 10.0. The van der Waals surface area contributed by atoms with Crippen LogP contribution in [0.15, 0.2) is 17.3 Å². The fraction of sp³-hybridized carbons (Fsp3) is 0.692. The van der Waals surface area contributed by atoms with Crippen LogP contribution < -0.4 is 0 Å². The predicted octanol–water partition coefficient (Wildman–Crippen LogP) is -0.464. The van der Waals surface area contributed by atoms with E-state index in [9.17, 15) is 13.2 Å². The molecule has 0 saturated carbocycles. The van der Waals surface area contributed by atoms with Crippen LogP contribution in [0, 0.1) is 0 Å². The number of carboxylic acids is 1. The molecule has 3 heterocycles. The van der Waals surface area contributed by atoms with Crippen LogP contribution in [0.3, 0.4) is 0 Å². The van der Waals surface area contributed by atoms with Gasteiger partial charge < -0.3 is 14.6 Å². The molecule has 0 aromatic carbocycles. The summed E-state index contributed by atoms with van der Waals surface area (Å²) >= 11 is 0. The quantitative estimate of drug-likeness (QED) is 0.786. The van der Waals surface area contributed by atoms with E-state index >= 15 is 0 Å². The van der Waals surface area contributed by atoms with E-state index < -0.39 is 21.6 Å². The molecule has 2 aliphatic rings. The van der Waals surface area contributed by atoms with E-state index in [4.69, 9.17) is 14.6 Å². The third kappa shape index (κ3) is 3.25. The summed E-state index contributed by atoms with van der Waals surface area (Å²) in [5, 5.41) is 12.6. The molecule has 3 rings (SSSR count). The number of hydrogen-bond donors (Lipinski definition) is 1. The summed E-state index contributed by atoms with van der Waals surface area (Å²) in [4.78, 5) is 10.7. The van der Waals surface area contributed by atoms with Crippen molar-refractivity contribution < 1.29 is 27.8 Å². The first-order valence-electron chi connectivity index (χ1n) is 7.31. The van der Waals surface area contributed by atoms with Gasteiger partial charge in [-0.1, -0.05) is 0 Å². The molecule has 2 unspecified atom stereocenters. The van der Waals surface area contributed by atoms with Crippen LogP contribution in [-0.2, 0) is 30.8 Å². The molecular weight excluding hydrogens is 326 g/mol. The Bertz CT molecular complexity index is 694. The molecule has 0 bridgehead atoms. The molecule has 0 amide bonds. The summed E-state index contributed by atoms with van der Waals surface area (Å²) in [7, 11) is -3.75. The van der Waals surface area contributed by atoms with Crippen molar-refractivity contribution in [2.45, 2.75) is 36.5 Å². The van der Waals surface area contributed by atoms with Crippen LogP contribution in [0.2, 0.25) is 0 Å². The molecule has 2 saturated heterocycles. The lowest BCUT2D eigenvalue weighted by Crippen LogP contribution is -2.56. The lowest BCUT2D eigenvalue weighted by Gasteiger charge is -2.41. The molecule has 0 radical (unpaired) electrons. The van der Waals surface area contributed by atoms with Gasteiger partial charge in [0.05, 0.1) is 18.9 Å². The summed E-state index contributed by atoms with van der Waals surface area (Å²) in [5.74, 6) is -1.08. The van der Waals surface area contributed by atoms with Gasteiger partial charge in [-0.25, -0.2) is 8.42 Å². The second-order valence-corrected chi connectivity index (χ2v) is 7.92. The summed E-state index contributed by atoms with van der Waals surface area (Å²) in [6.45, 7) is 2.85. The van der Waals surface area contributed by atoms with Gasteiger partial charge in [-0.05, 0) is 6.92 Å². The molecule has 23 heavy (non-hydrogen) atoms. The highest BCUT2D eigenvalue weighted by Gasteiger charge is 2.46. The van der Waals surface area contributed by atoms with Gasteiger partial charge in [-0.2, -0.15) is 9.40 Å². The van der Waals surface area contributed by atoms with E-state index in [-0.39, 0.29) is 30.6 Å². The minimum absolute atomic E-state index is 0.0121. The van der Waals surface area contributed by atoms with Crippen molar-refractivity contribution in [3.63, 3.8) is 0 Å². The molecule has 9 nitrogen and oxygen atoms in total. The predicted molar refractivity (Wildman–Crippen MR) is 77.3 cm³/mol. The minimum Gasteiger partial charge on any atom is -0.480 e. The third-order valence-electron chi connectivity index (χ3n) is 3.99. The van der Waals surface area contributed by atoms with Crippen LogP contribution in [0.1, 0.15) is 13.3 Å². The van der Waals surface area contributed by atoms with Crippen LogP contribution in [0.5, 0.6) is 0 Å². The molecule has 2 fully saturated rings. The summed E-state index contributed by atoms with van der Waals surface area (Å²) < 4.78 is 39.4. The first-order chi connectivity index (χ1) is 10.8. The number of sulfonamides is 1. The smallest absolute Gasteiger partial charge is 0.325 e. The van der Waals surface area contributed by atoms with Gasteiger partial charge in [0.15, 0.2) is 0 Å². The Hall–Kier alpha value is -1.49. The van der Waals surface area contributed by atoms with E-state index in [2.05, 4.69) is 5.10 Å². The Balaban J connectivity index is 1.83. The fourth-order valence-corrected chi connectivity index (χ4v) is 4.56. The number of morpholine rings is 1. The normalized spacial score (nSPS) is 29.2. The van der Waals surface area contributed by atoms with Gasteiger partial charge in [-0.3, -0.25) is 9.48 Å². The van der Waals surface area contributed by atoms with E-state index in [1.807, 2.05) is 6.92 Å². The number of aliphatic carboxylic acids is 1. The zero-order valence-corrected chi connectivity index (χ0v) is 13.5. The van der Waals surface area contributed by atoms with Crippen LogP contribution in [0.25, 0.3) is 0 Å². The third-order valence-corrected chi connectivity index (χ3v) is 5.75. The number of hydrogen-bond acceptors (Lipinski definition) is 6. The van der Waals surface area contributed by atoms with E-state index in [1.54, 1.807) is 0 Å². The van der Waals surface area contributed by atoms with Crippen molar-refractivity contribution in [2.75, 3.05) is 26.3 Å². The lowest BCUT2D eigenvalue weighted by molar-refractivity contribution is -0.137. The van der Waals surface area contributed by atoms with E-state index in [0.29, 0.717) is 19.6 Å². The number of rotatable bonds is 4. The van der Waals surface area contributed by atoms with Gasteiger partial charge >= 0.3 is 5.97 Å². The highest BCUT2D eigenvalue weighted by atomic mass is 32.2. The topological polar surface area (TPSA) is 111 Å². The Morgan fingerprint density at radius 2 is 2.35 bits per heavy atom. The number of carbonyl (C=O) groups is 1. The van der Waals surface area contributed by atoms with Crippen molar-refractivity contribution in [1.29, 1.82) is 0 Å². The van der Waals surface area contributed by atoms with Gasteiger partial charge in [0.2, 0.25) is 10.0 Å². The average Bonchev–Trinajstić information content (AvgIpc) is 3.07. The minimum atomic E-state index is -3.75. The Labute approximate surface area is 133 Å². The van der Waals surface area contributed by atoms with Crippen LogP contribution >= 0.6 is 0 Å². The van der Waals surface area contributed by atoms with Crippen molar-refractivity contribution in [3.8, 4) is 0 Å². The maximum atomic E-state index is 12.8. The highest BCUT2D eigenvalue weighted by molar-refractivity contribution is 7.89. The second kappa shape index (κ2) is 5.86. The molecule has 1 spiro atoms. The van der Waals surface area contributed by atoms with Crippen molar-refractivity contribution in [1.82, 2.24) is 14.1 Å². The first-order valence-corrected chi connectivity index (χ1v) is 8.75. The number of ether oxygens (including phenoxy) is 2.